The summed E-state index contributed by atoms with van der Waals surface area (Å²) in [5.74, 6) is -1.06. The van der Waals surface area contributed by atoms with Crippen LogP contribution in [-0.4, -0.2) is 35.8 Å². The average molecular weight is 304 g/mol. The first-order valence-electron chi connectivity index (χ1n) is 6.83. The summed E-state index contributed by atoms with van der Waals surface area (Å²) in [7, 11) is 1.75. The first kappa shape index (κ1) is 15.8. The average Bonchev–Trinajstić information content (AvgIpc) is 2.48. The van der Waals surface area contributed by atoms with E-state index in [1.165, 1.54) is 22.9 Å². The van der Waals surface area contributed by atoms with E-state index in [4.69, 9.17) is 0 Å². The molecule has 0 saturated carbocycles. The minimum atomic E-state index is -0.578. The van der Waals surface area contributed by atoms with Gasteiger partial charge in [-0.3, -0.25) is 9.59 Å². The molecular formula is C15H17FN4O2. The van der Waals surface area contributed by atoms with Crippen molar-refractivity contribution in [2.75, 3.05) is 20.1 Å². The van der Waals surface area contributed by atoms with Crippen molar-refractivity contribution >= 4 is 5.91 Å². The highest BCUT2D eigenvalue weighted by molar-refractivity contribution is 5.92. The van der Waals surface area contributed by atoms with Crippen LogP contribution < -0.4 is 16.1 Å². The lowest BCUT2D eigenvalue weighted by atomic mass is 10.2. The van der Waals surface area contributed by atoms with Gasteiger partial charge in [-0.1, -0.05) is 12.1 Å². The summed E-state index contributed by atoms with van der Waals surface area (Å²) in [5.41, 5.74) is -0.122. The van der Waals surface area contributed by atoms with E-state index in [1.54, 1.807) is 26.1 Å². The van der Waals surface area contributed by atoms with E-state index in [0.29, 0.717) is 18.8 Å². The summed E-state index contributed by atoms with van der Waals surface area (Å²) in [4.78, 5) is 23.9. The van der Waals surface area contributed by atoms with Crippen molar-refractivity contribution in [1.29, 1.82) is 0 Å². The highest BCUT2D eigenvalue weighted by Gasteiger charge is 2.16. The maximum atomic E-state index is 13.9. The van der Waals surface area contributed by atoms with E-state index in [1.807, 2.05) is 0 Å². The Hall–Kier alpha value is -2.54. The van der Waals surface area contributed by atoms with Crippen LogP contribution in [0.5, 0.6) is 0 Å². The Bertz CT molecular complexity index is 743. The summed E-state index contributed by atoms with van der Waals surface area (Å²) in [6.07, 6.45) is 0. The third-order valence-corrected chi connectivity index (χ3v) is 3.06. The summed E-state index contributed by atoms with van der Waals surface area (Å²) < 4.78 is 15.1. The van der Waals surface area contributed by atoms with E-state index in [2.05, 4.69) is 15.7 Å². The normalized spacial score (nSPS) is 10.5. The molecule has 2 rings (SSSR count). The number of rotatable bonds is 5. The molecule has 116 valence electrons. The molecule has 0 spiro atoms. The van der Waals surface area contributed by atoms with Crippen LogP contribution in [0.2, 0.25) is 0 Å². The summed E-state index contributed by atoms with van der Waals surface area (Å²) in [5, 5.41) is 9.47. The third kappa shape index (κ3) is 3.37. The first-order chi connectivity index (χ1) is 10.5. The molecule has 1 amide bonds. The smallest absolute Gasteiger partial charge is 0.275 e. The molecule has 2 N–H and O–H groups in total. The zero-order chi connectivity index (χ0) is 16.1. The van der Waals surface area contributed by atoms with Crippen LogP contribution in [0.4, 0.5) is 4.39 Å². The van der Waals surface area contributed by atoms with Gasteiger partial charge in [0.15, 0.2) is 5.69 Å². The minimum Gasteiger partial charge on any atom is -0.349 e. The Morgan fingerprint density at radius 2 is 2.05 bits per heavy atom. The summed E-state index contributed by atoms with van der Waals surface area (Å²) >= 11 is 0. The van der Waals surface area contributed by atoms with Gasteiger partial charge in [-0.25, -0.2) is 9.07 Å². The number of halogens is 1. The van der Waals surface area contributed by atoms with Gasteiger partial charge in [0, 0.05) is 24.8 Å². The molecule has 0 saturated heterocycles. The lowest BCUT2D eigenvalue weighted by Gasteiger charge is -2.12. The van der Waals surface area contributed by atoms with Gasteiger partial charge < -0.3 is 10.6 Å². The second kappa shape index (κ2) is 6.95. The number of aromatic nitrogens is 2. The van der Waals surface area contributed by atoms with E-state index in [9.17, 15) is 14.0 Å². The highest BCUT2D eigenvalue weighted by atomic mass is 19.1. The molecule has 0 fully saturated rings. The van der Waals surface area contributed by atoms with Crippen molar-refractivity contribution in [1.82, 2.24) is 20.4 Å². The molecule has 0 radical (unpaired) electrons. The number of amides is 1. The van der Waals surface area contributed by atoms with Crippen molar-refractivity contribution in [3.8, 4) is 5.69 Å². The molecule has 6 nitrogen and oxygen atoms in total. The van der Waals surface area contributed by atoms with Crippen molar-refractivity contribution in [3.63, 3.8) is 0 Å². The van der Waals surface area contributed by atoms with E-state index in [0.717, 1.165) is 0 Å². The monoisotopic (exact) mass is 304 g/mol. The van der Waals surface area contributed by atoms with Crippen molar-refractivity contribution in [2.45, 2.75) is 6.92 Å². The molecule has 0 unspecified atom stereocenters. The molecule has 0 aliphatic heterocycles. The van der Waals surface area contributed by atoms with Crippen LogP contribution in [0.15, 0.2) is 35.1 Å². The summed E-state index contributed by atoms with van der Waals surface area (Å²) in [6, 6.07) is 7.31. The van der Waals surface area contributed by atoms with Gasteiger partial charge in [0.1, 0.15) is 11.5 Å². The molecule has 0 bridgehead atoms. The molecule has 0 atom stereocenters. The maximum Gasteiger partial charge on any atom is 0.275 e. The third-order valence-electron chi connectivity index (χ3n) is 3.06. The number of hydrogen-bond acceptors (Lipinski definition) is 4. The summed E-state index contributed by atoms with van der Waals surface area (Å²) in [6.45, 7) is 2.56. The predicted molar refractivity (Wildman–Crippen MR) is 80.8 cm³/mol. The topological polar surface area (TPSA) is 76.0 Å². The molecule has 1 heterocycles. The zero-order valence-corrected chi connectivity index (χ0v) is 12.4. The Balaban J connectivity index is 2.42. The molecule has 2 aromatic rings. The van der Waals surface area contributed by atoms with Gasteiger partial charge in [0.25, 0.3) is 5.91 Å². The van der Waals surface area contributed by atoms with Crippen LogP contribution in [0, 0.1) is 12.7 Å². The number of nitrogens with zero attached hydrogens (tertiary/aromatic N) is 2. The van der Waals surface area contributed by atoms with Gasteiger partial charge in [-0.15, -0.1) is 0 Å². The fourth-order valence-electron chi connectivity index (χ4n) is 1.96. The van der Waals surface area contributed by atoms with Crippen molar-refractivity contribution in [3.05, 3.63) is 57.8 Å². The standard InChI is InChI=1S/C15H17FN4O2/c1-10-9-13(21)14(15(22)18-8-7-17-2)19-20(10)12-6-4-3-5-11(12)16/h3-6,9,17H,7-8H2,1-2H3,(H,18,22). The van der Waals surface area contributed by atoms with Crippen LogP contribution in [-0.2, 0) is 0 Å². The fraction of sp³-hybridized carbons (Fsp3) is 0.267. The van der Waals surface area contributed by atoms with Crippen LogP contribution in [0.1, 0.15) is 16.2 Å². The Labute approximate surface area is 127 Å². The number of carbonyl (C=O) groups is 1. The van der Waals surface area contributed by atoms with Gasteiger partial charge in [-0.05, 0) is 26.1 Å². The Kier molecular flexibility index (Phi) is 5.00. The predicted octanol–water partition coefficient (Wildman–Crippen LogP) is 0.629. The van der Waals surface area contributed by atoms with Crippen LogP contribution >= 0.6 is 0 Å². The van der Waals surface area contributed by atoms with Gasteiger partial charge in [0.05, 0.1) is 0 Å². The first-order valence-corrected chi connectivity index (χ1v) is 6.83. The molecule has 1 aromatic heterocycles. The number of benzene rings is 1. The largest absolute Gasteiger partial charge is 0.349 e. The van der Waals surface area contributed by atoms with E-state index in [-0.39, 0.29) is 11.4 Å². The lowest BCUT2D eigenvalue weighted by molar-refractivity contribution is 0.0946. The number of aryl methyl sites for hydroxylation is 1. The Morgan fingerprint density at radius 1 is 1.32 bits per heavy atom. The van der Waals surface area contributed by atoms with Crippen molar-refractivity contribution in [2.24, 2.45) is 0 Å². The minimum absolute atomic E-state index is 0.185. The van der Waals surface area contributed by atoms with Crippen molar-refractivity contribution < 1.29 is 9.18 Å². The zero-order valence-electron chi connectivity index (χ0n) is 12.4. The van der Waals surface area contributed by atoms with Crippen LogP contribution in [0.3, 0.4) is 0 Å². The molecule has 22 heavy (non-hydrogen) atoms. The number of hydrogen-bond donors (Lipinski definition) is 2. The lowest BCUT2D eigenvalue weighted by Crippen LogP contribution is -2.35. The van der Waals surface area contributed by atoms with Crippen LogP contribution in [0.25, 0.3) is 5.69 Å². The second-order valence-electron chi connectivity index (χ2n) is 4.72. The number of likely N-dealkylation sites (N-methyl/N-ethyl adjacent to an activating group) is 1. The van der Waals surface area contributed by atoms with Gasteiger partial charge >= 0.3 is 0 Å². The molecule has 0 aliphatic rings. The Morgan fingerprint density at radius 3 is 2.73 bits per heavy atom. The molecule has 7 heteroatoms. The number of nitrogens with one attached hydrogen (secondary N) is 2. The quantitative estimate of drug-likeness (QED) is 0.795. The molecular weight excluding hydrogens is 287 g/mol. The molecule has 1 aromatic carbocycles. The maximum absolute atomic E-state index is 13.9. The van der Waals surface area contributed by atoms with Gasteiger partial charge in [-0.2, -0.15) is 5.10 Å². The molecule has 0 aliphatic carbocycles. The SMILES string of the molecule is CNCCNC(=O)c1nn(-c2ccccc2F)c(C)cc1=O. The van der Waals surface area contributed by atoms with E-state index >= 15 is 0 Å². The van der Waals surface area contributed by atoms with E-state index < -0.39 is 17.2 Å². The number of carbonyl (C=O) groups excluding carboxylic acids is 1. The van der Waals surface area contributed by atoms with Gasteiger partial charge in [0.2, 0.25) is 5.43 Å². The number of para-hydroxylation sites is 1. The highest BCUT2D eigenvalue weighted by Crippen LogP contribution is 2.12. The fourth-order valence-corrected chi connectivity index (χ4v) is 1.96. The second-order valence-corrected chi connectivity index (χ2v) is 4.72.